The molecule has 0 bridgehead atoms. The van der Waals surface area contributed by atoms with Crippen molar-refractivity contribution in [2.75, 3.05) is 13.1 Å². The van der Waals surface area contributed by atoms with Crippen LogP contribution in [0.1, 0.15) is 82.3 Å². The molecule has 3 heteroatoms. The highest BCUT2D eigenvalue weighted by Crippen LogP contribution is 2.43. The molecule has 1 aliphatic heterocycles. The van der Waals surface area contributed by atoms with Gasteiger partial charge < -0.3 is 10.4 Å². The topological polar surface area (TPSA) is 32.3 Å². The molecule has 2 aliphatic rings. The molecule has 144 valence electrons. The van der Waals surface area contributed by atoms with Crippen LogP contribution >= 0.6 is 0 Å². The maximum absolute atomic E-state index is 15.0. The molecule has 1 aromatic carbocycles. The van der Waals surface area contributed by atoms with Crippen molar-refractivity contribution in [3.05, 3.63) is 41.2 Å². The second-order valence-corrected chi connectivity index (χ2v) is 8.06. The van der Waals surface area contributed by atoms with E-state index in [0.717, 1.165) is 82.0 Å². The molecule has 0 amide bonds. The van der Waals surface area contributed by atoms with E-state index in [2.05, 4.69) is 18.3 Å². The summed E-state index contributed by atoms with van der Waals surface area (Å²) in [6.45, 7) is 4.02. The number of aliphatic hydroxyl groups is 1. The quantitative estimate of drug-likeness (QED) is 0.626. The highest BCUT2D eigenvalue weighted by Gasteiger charge is 2.41. The van der Waals surface area contributed by atoms with E-state index in [-0.39, 0.29) is 11.7 Å². The van der Waals surface area contributed by atoms with Crippen molar-refractivity contribution in [1.82, 2.24) is 5.32 Å². The fraction of sp³-hybridized carbons (Fsp3) is 0.652. The number of benzene rings is 1. The van der Waals surface area contributed by atoms with E-state index in [9.17, 15) is 9.50 Å². The summed E-state index contributed by atoms with van der Waals surface area (Å²) < 4.78 is 15.0. The van der Waals surface area contributed by atoms with Crippen LogP contribution in [0.5, 0.6) is 0 Å². The van der Waals surface area contributed by atoms with Crippen molar-refractivity contribution in [1.29, 1.82) is 0 Å². The van der Waals surface area contributed by atoms with Crippen LogP contribution in [0, 0.1) is 11.7 Å². The Bertz CT molecular complexity index is 621. The Kier molecular flexibility index (Phi) is 6.88. The Hall–Kier alpha value is -1.19. The fourth-order valence-corrected chi connectivity index (χ4v) is 4.74. The highest BCUT2D eigenvalue weighted by molar-refractivity contribution is 5.70. The summed E-state index contributed by atoms with van der Waals surface area (Å²) in [5.41, 5.74) is 1.67. The summed E-state index contributed by atoms with van der Waals surface area (Å²) in [4.78, 5) is 0. The molecular formula is C23H34FNO. The van der Waals surface area contributed by atoms with Gasteiger partial charge in [-0.25, -0.2) is 4.39 Å². The van der Waals surface area contributed by atoms with Crippen LogP contribution in [0.15, 0.2) is 24.3 Å². The molecule has 1 fully saturated rings. The minimum atomic E-state index is -0.946. The number of rotatable bonds is 7. The van der Waals surface area contributed by atoms with Crippen LogP contribution in [-0.2, 0) is 5.60 Å². The Morgan fingerprint density at radius 1 is 1.23 bits per heavy atom. The molecular weight excluding hydrogens is 325 g/mol. The van der Waals surface area contributed by atoms with Gasteiger partial charge in [-0.1, -0.05) is 44.4 Å². The number of hydrogen-bond donors (Lipinski definition) is 2. The van der Waals surface area contributed by atoms with Gasteiger partial charge in [0.25, 0.3) is 0 Å². The van der Waals surface area contributed by atoms with E-state index >= 15 is 0 Å². The minimum Gasteiger partial charge on any atom is -0.385 e. The van der Waals surface area contributed by atoms with Crippen LogP contribution in [0.2, 0.25) is 0 Å². The molecule has 2 atom stereocenters. The van der Waals surface area contributed by atoms with Crippen molar-refractivity contribution < 1.29 is 9.50 Å². The van der Waals surface area contributed by atoms with Gasteiger partial charge >= 0.3 is 0 Å². The number of allylic oxidation sites excluding steroid dienone is 2. The monoisotopic (exact) mass is 359 g/mol. The van der Waals surface area contributed by atoms with Crippen molar-refractivity contribution in [3.8, 4) is 0 Å². The summed E-state index contributed by atoms with van der Waals surface area (Å²) in [6.07, 6.45) is 12.4. The lowest BCUT2D eigenvalue weighted by Gasteiger charge is -2.41. The molecule has 3 rings (SSSR count). The fourth-order valence-electron chi connectivity index (χ4n) is 4.74. The first-order chi connectivity index (χ1) is 12.7. The number of halogens is 1. The van der Waals surface area contributed by atoms with Gasteiger partial charge in [0.05, 0.1) is 5.60 Å². The first kappa shape index (κ1) is 19.6. The lowest BCUT2D eigenvalue weighted by molar-refractivity contribution is -0.0430. The van der Waals surface area contributed by atoms with Crippen LogP contribution < -0.4 is 5.32 Å². The molecule has 2 nitrogen and oxygen atoms in total. The Morgan fingerprint density at radius 3 is 2.81 bits per heavy atom. The van der Waals surface area contributed by atoms with Crippen LogP contribution in [0.25, 0.3) is 5.57 Å². The molecule has 2 N–H and O–H groups in total. The predicted octanol–water partition coefficient (Wildman–Crippen LogP) is 5.55. The van der Waals surface area contributed by atoms with E-state index in [0.29, 0.717) is 5.56 Å². The molecule has 1 aliphatic carbocycles. The number of hydrogen-bond acceptors (Lipinski definition) is 2. The summed E-state index contributed by atoms with van der Waals surface area (Å²) in [7, 11) is 0. The summed E-state index contributed by atoms with van der Waals surface area (Å²) in [6, 6.07) is 5.31. The highest BCUT2D eigenvalue weighted by atomic mass is 19.1. The molecule has 1 aromatic rings. The van der Waals surface area contributed by atoms with Crippen LogP contribution in [0.4, 0.5) is 4.39 Å². The molecule has 1 heterocycles. The van der Waals surface area contributed by atoms with Crippen LogP contribution in [0.3, 0.4) is 0 Å². The normalized spacial score (nSPS) is 23.3. The van der Waals surface area contributed by atoms with E-state index in [4.69, 9.17) is 0 Å². The predicted molar refractivity (Wildman–Crippen MR) is 106 cm³/mol. The van der Waals surface area contributed by atoms with Crippen molar-refractivity contribution in [2.45, 2.75) is 76.7 Å². The first-order valence-electron chi connectivity index (χ1n) is 10.6. The summed E-state index contributed by atoms with van der Waals surface area (Å²) in [5, 5.41) is 15.4. The SMILES string of the molecule is CCCCC[C@@](O)(c1cccc(F)c1C1=CCCCC1)[C@@H]1CCCNC1. The van der Waals surface area contributed by atoms with Crippen molar-refractivity contribution in [3.63, 3.8) is 0 Å². The largest absolute Gasteiger partial charge is 0.385 e. The molecule has 0 radical (unpaired) electrons. The van der Waals surface area contributed by atoms with Gasteiger partial charge in [0.15, 0.2) is 0 Å². The number of piperidine rings is 1. The number of unbranched alkanes of at least 4 members (excludes halogenated alkanes) is 2. The Labute approximate surface area is 157 Å². The molecule has 26 heavy (non-hydrogen) atoms. The maximum Gasteiger partial charge on any atom is 0.131 e. The van der Waals surface area contributed by atoms with Gasteiger partial charge in [-0.2, -0.15) is 0 Å². The molecule has 0 saturated carbocycles. The standard InChI is InChI=1S/C23H34FNO/c1-2-3-7-15-23(26,19-12-9-16-25-17-19)20-13-8-14-21(24)22(20)18-10-5-4-6-11-18/h8,10,13-14,19,25-26H,2-7,9,11-12,15-17H2,1H3/t19-,23+/m1/s1. The van der Waals surface area contributed by atoms with Crippen molar-refractivity contribution >= 4 is 5.57 Å². The van der Waals surface area contributed by atoms with Gasteiger partial charge in [0.1, 0.15) is 5.82 Å². The summed E-state index contributed by atoms with van der Waals surface area (Å²) >= 11 is 0. The second-order valence-electron chi connectivity index (χ2n) is 8.06. The van der Waals surface area contributed by atoms with Gasteiger partial charge in [0, 0.05) is 18.0 Å². The van der Waals surface area contributed by atoms with E-state index < -0.39 is 5.60 Å². The zero-order valence-corrected chi connectivity index (χ0v) is 16.2. The average molecular weight is 360 g/mol. The molecule has 0 unspecified atom stereocenters. The minimum absolute atomic E-state index is 0.151. The molecule has 1 saturated heterocycles. The van der Waals surface area contributed by atoms with Gasteiger partial charge in [-0.15, -0.1) is 0 Å². The zero-order valence-electron chi connectivity index (χ0n) is 16.2. The summed E-state index contributed by atoms with van der Waals surface area (Å²) in [5.74, 6) is -0.0221. The molecule has 0 spiro atoms. The third kappa shape index (κ3) is 4.20. The Morgan fingerprint density at radius 2 is 2.12 bits per heavy atom. The maximum atomic E-state index is 15.0. The second kappa shape index (κ2) is 9.14. The van der Waals surface area contributed by atoms with Gasteiger partial charge in [-0.05, 0) is 68.7 Å². The lowest BCUT2D eigenvalue weighted by Crippen LogP contribution is -2.45. The van der Waals surface area contributed by atoms with E-state index in [1.165, 1.54) is 6.42 Å². The third-order valence-electron chi connectivity index (χ3n) is 6.23. The van der Waals surface area contributed by atoms with Crippen LogP contribution in [-0.4, -0.2) is 18.2 Å². The zero-order chi connectivity index (χ0) is 18.4. The van der Waals surface area contributed by atoms with Gasteiger partial charge in [0.2, 0.25) is 0 Å². The van der Waals surface area contributed by atoms with Gasteiger partial charge in [-0.3, -0.25) is 0 Å². The van der Waals surface area contributed by atoms with E-state index in [1.807, 2.05) is 6.07 Å². The smallest absolute Gasteiger partial charge is 0.131 e. The Balaban J connectivity index is 2.02. The lowest BCUT2D eigenvalue weighted by atomic mass is 9.71. The number of nitrogens with one attached hydrogen (secondary N) is 1. The first-order valence-corrected chi connectivity index (χ1v) is 10.6. The third-order valence-corrected chi connectivity index (χ3v) is 6.23. The molecule has 0 aromatic heterocycles. The average Bonchev–Trinajstić information content (AvgIpc) is 2.69. The van der Waals surface area contributed by atoms with E-state index in [1.54, 1.807) is 12.1 Å². The van der Waals surface area contributed by atoms with Crippen molar-refractivity contribution in [2.24, 2.45) is 5.92 Å².